The smallest absolute Gasteiger partial charge is 0.306 e. The second-order valence-electron chi connectivity index (χ2n) is 5.75. The van der Waals surface area contributed by atoms with Crippen LogP contribution in [0.25, 0.3) is 0 Å². The summed E-state index contributed by atoms with van der Waals surface area (Å²) in [5.74, 6) is 0. The molecule has 0 spiro atoms. The first-order valence-electron chi connectivity index (χ1n) is 6.67. The van der Waals surface area contributed by atoms with E-state index < -0.39 is 13.2 Å². The lowest BCUT2D eigenvalue weighted by atomic mass is 10.2. The second kappa shape index (κ2) is 7.56. The molecule has 0 aliphatic heterocycles. The molecular weight excluding hydrogens is 235 g/mol. The Bertz CT molecular complexity index is 244. The first kappa shape index (κ1) is 17.2. The second-order valence-corrected chi connectivity index (χ2v) is 7.82. The first-order valence-corrected chi connectivity index (χ1v) is 8.39. The summed E-state index contributed by atoms with van der Waals surface area (Å²) in [6.45, 7) is 11.7. The van der Waals surface area contributed by atoms with E-state index in [9.17, 15) is 4.57 Å². The van der Waals surface area contributed by atoms with Gasteiger partial charge in [-0.1, -0.05) is 26.2 Å². The highest BCUT2D eigenvalue weighted by Gasteiger charge is 2.31. The monoisotopic (exact) mass is 264 g/mol. The molecule has 0 bridgehead atoms. The van der Waals surface area contributed by atoms with Crippen LogP contribution in [0.4, 0.5) is 0 Å². The van der Waals surface area contributed by atoms with Crippen LogP contribution in [-0.2, 0) is 13.6 Å². The first-order chi connectivity index (χ1) is 7.68. The quantitative estimate of drug-likeness (QED) is 0.457. The summed E-state index contributed by atoms with van der Waals surface area (Å²) >= 11 is 0. The lowest BCUT2D eigenvalue weighted by Crippen LogP contribution is -2.20. The minimum Gasteiger partial charge on any atom is -0.306 e. The van der Waals surface area contributed by atoms with Gasteiger partial charge in [0, 0.05) is 0 Å². The standard InChI is InChI=1S/C13H29O3P/c1-7-8-9-10-11-17(14,15-12(2)3)16-13(4,5)6/h12H,7-11H2,1-6H3. The molecule has 0 N–H and O–H groups in total. The van der Waals surface area contributed by atoms with Crippen LogP contribution in [0.2, 0.25) is 0 Å². The van der Waals surface area contributed by atoms with Crippen molar-refractivity contribution in [2.24, 2.45) is 0 Å². The zero-order valence-electron chi connectivity index (χ0n) is 12.3. The molecule has 0 saturated heterocycles. The lowest BCUT2D eigenvalue weighted by molar-refractivity contribution is 0.0821. The summed E-state index contributed by atoms with van der Waals surface area (Å²) in [7, 11) is -2.94. The Morgan fingerprint density at radius 3 is 2.12 bits per heavy atom. The van der Waals surface area contributed by atoms with E-state index in [1.54, 1.807) is 0 Å². The summed E-state index contributed by atoms with van der Waals surface area (Å²) in [5.41, 5.74) is -0.421. The normalized spacial score (nSPS) is 16.2. The van der Waals surface area contributed by atoms with E-state index in [0.717, 1.165) is 12.8 Å². The largest absolute Gasteiger partial charge is 0.331 e. The van der Waals surface area contributed by atoms with E-state index >= 15 is 0 Å². The number of rotatable bonds is 8. The van der Waals surface area contributed by atoms with Gasteiger partial charge in [0.2, 0.25) is 0 Å². The molecule has 1 unspecified atom stereocenters. The highest BCUT2D eigenvalue weighted by molar-refractivity contribution is 7.53. The van der Waals surface area contributed by atoms with Gasteiger partial charge < -0.3 is 9.05 Å². The van der Waals surface area contributed by atoms with Gasteiger partial charge in [-0.15, -0.1) is 0 Å². The molecule has 0 aliphatic carbocycles. The summed E-state index contributed by atoms with van der Waals surface area (Å²) in [4.78, 5) is 0. The van der Waals surface area contributed by atoms with E-state index in [1.165, 1.54) is 12.8 Å². The lowest BCUT2D eigenvalue weighted by Gasteiger charge is -2.28. The number of unbranched alkanes of at least 4 members (excludes halogenated alkanes) is 3. The molecule has 0 radical (unpaired) electrons. The predicted octanol–water partition coefficient (Wildman–Crippen LogP) is 5.00. The molecule has 4 heteroatoms. The molecule has 0 aliphatic rings. The highest BCUT2D eigenvalue weighted by atomic mass is 31.2. The highest BCUT2D eigenvalue weighted by Crippen LogP contribution is 2.53. The topological polar surface area (TPSA) is 35.5 Å². The van der Waals surface area contributed by atoms with Gasteiger partial charge in [-0.2, -0.15) is 0 Å². The molecule has 104 valence electrons. The van der Waals surface area contributed by atoms with Gasteiger partial charge in [0.25, 0.3) is 0 Å². The summed E-state index contributed by atoms with van der Waals surface area (Å²) in [6.07, 6.45) is 4.83. The van der Waals surface area contributed by atoms with Crippen molar-refractivity contribution in [1.82, 2.24) is 0 Å². The van der Waals surface area contributed by atoms with Gasteiger partial charge in [0.15, 0.2) is 0 Å². The maximum Gasteiger partial charge on any atom is 0.331 e. The summed E-state index contributed by atoms with van der Waals surface area (Å²) in [5, 5.41) is 0. The van der Waals surface area contributed by atoms with Gasteiger partial charge in [0.05, 0.1) is 17.9 Å². The van der Waals surface area contributed by atoms with Crippen molar-refractivity contribution in [3.8, 4) is 0 Å². The maximum atomic E-state index is 12.6. The van der Waals surface area contributed by atoms with Crippen LogP contribution in [0.5, 0.6) is 0 Å². The average Bonchev–Trinajstić information content (AvgIpc) is 2.07. The van der Waals surface area contributed by atoms with Crippen LogP contribution in [-0.4, -0.2) is 17.9 Å². The SMILES string of the molecule is CCCCCCP(=O)(OC(C)C)OC(C)(C)C. The minimum absolute atomic E-state index is 0.0608. The van der Waals surface area contributed by atoms with Gasteiger partial charge in [-0.05, 0) is 41.0 Å². The zero-order valence-corrected chi connectivity index (χ0v) is 13.2. The molecular formula is C13H29O3P. The molecule has 1 atom stereocenters. The van der Waals surface area contributed by atoms with Gasteiger partial charge in [-0.3, -0.25) is 4.57 Å². The molecule has 0 saturated carbocycles. The molecule has 3 nitrogen and oxygen atoms in total. The average molecular weight is 264 g/mol. The van der Waals surface area contributed by atoms with Gasteiger partial charge in [0.1, 0.15) is 0 Å². The summed E-state index contributed by atoms with van der Waals surface area (Å²) in [6, 6.07) is 0. The van der Waals surface area contributed by atoms with Crippen molar-refractivity contribution >= 4 is 7.60 Å². The Balaban J connectivity index is 4.35. The molecule has 0 aromatic heterocycles. The van der Waals surface area contributed by atoms with Crippen molar-refractivity contribution in [2.45, 2.75) is 78.9 Å². The minimum atomic E-state index is -2.94. The molecule has 0 aromatic carbocycles. The fourth-order valence-electron chi connectivity index (χ4n) is 1.59. The fourth-order valence-corrected chi connectivity index (χ4v) is 3.92. The van der Waals surface area contributed by atoms with E-state index in [0.29, 0.717) is 6.16 Å². The van der Waals surface area contributed by atoms with E-state index in [-0.39, 0.29) is 6.10 Å². The van der Waals surface area contributed by atoms with Crippen LogP contribution < -0.4 is 0 Å². The third-order valence-corrected chi connectivity index (χ3v) is 4.50. The van der Waals surface area contributed by atoms with Crippen molar-refractivity contribution < 1.29 is 13.6 Å². The maximum absolute atomic E-state index is 12.6. The van der Waals surface area contributed by atoms with Crippen LogP contribution in [0, 0.1) is 0 Å². The van der Waals surface area contributed by atoms with E-state index in [1.807, 2.05) is 34.6 Å². The van der Waals surface area contributed by atoms with Gasteiger partial charge >= 0.3 is 7.60 Å². The summed E-state index contributed by atoms with van der Waals surface area (Å²) < 4.78 is 23.7. The Kier molecular flexibility index (Phi) is 7.62. The third-order valence-electron chi connectivity index (χ3n) is 2.07. The van der Waals surface area contributed by atoms with E-state index in [4.69, 9.17) is 9.05 Å². The molecule has 0 aromatic rings. The van der Waals surface area contributed by atoms with Crippen LogP contribution in [0.1, 0.15) is 67.2 Å². The number of hydrogen-bond donors (Lipinski definition) is 0. The molecule has 0 rings (SSSR count). The predicted molar refractivity (Wildman–Crippen MR) is 73.7 cm³/mol. The molecule has 0 heterocycles. The number of hydrogen-bond acceptors (Lipinski definition) is 3. The Morgan fingerprint density at radius 1 is 1.12 bits per heavy atom. The van der Waals surface area contributed by atoms with Crippen LogP contribution >= 0.6 is 7.60 Å². The van der Waals surface area contributed by atoms with Crippen LogP contribution in [0.3, 0.4) is 0 Å². The molecule has 0 amide bonds. The van der Waals surface area contributed by atoms with Gasteiger partial charge in [-0.25, -0.2) is 0 Å². The molecule has 17 heavy (non-hydrogen) atoms. The van der Waals surface area contributed by atoms with E-state index in [2.05, 4.69) is 6.92 Å². The Labute approximate surface area is 107 Å². The third kappa shape index (κ3) is 9.82. The fraction of sp³-hybridized carbons (Fsp3) is 1.00. The van der Waals surface area contributed by atoms with Crippen molar-refractivity contribution in [3.05, 3.63) is 0 Å². The molecule has 0 fully saturated rings. The Hall–Kier alpha value is 0.150. The van der Waals surface area contributed by atoms with Crippen molar-refractivity contribution in [3.63, 3.8) is 0 Å². The van der Waals surface area contributed by atoms with Crippen molar-refractivity contribution in [1.29, 1.82) is 0 Å². The van der Waals surface area contributed by atoms with Crippen molar-refractivity contribution in [2.75, 3.05) is 6.16 Å². The van der Waals surface area contributed by atoms with Crippen LogP contribution in [0.15, 0.2) is 0 Å². The Morgan fingerprint density at radius 2 is 1.71 bits per heavy atom. The zero-order chi connectivity index (χ0) is 13.5.